The molecule has 36 heavy (non-hydrogen) atoms. The van der Waals surface area contributed by atoms with Gasteiger partial charge < -0.3 is 14.5 Å². The minimum absolute atomic E-state index is 0.0867. The average molecular weight is 496 g/mol. The number of carbonyl (C=O) groups is 2. The van der Waals surface area contributed by atoms with Crippen molar-refractivity contribution in [1.29, 1.82) is 0 Å². The number of hydrogen-bond donors (Lipinski definition) is 0. The Morgan fingerprint density at radius 2 is 1.89 bits per heavy atom. The summed E-state index contributed by atoms with van der Waals surface area (Å²) in [6.45, 7) is 6.99. The van der Waals surface area contributed by atoms with Crippen LogP contribution in [0.4, 0.5) is 10.3 Å². The number of piperidine rings is 1. The lowest BCUT2D eigenvalue weighted by Gasteiger charge is -2.38. The maximum atomic E-state index is 14.3. The van der Waals surface area contributed by atoms with Gasteiger partial charge in [-0.25, -0.2) is 9.37 Å². The molecule has 4 heterocycles. The van der Waals surface area contributed by atoms with Crippen LogP contribution in [-0.2, 0) is 21.4 Å². The maximum Gasteiger partial charge on any atom is 0.313 e. The van der Waals surface area contributed by atoms with E-state index in [0.29, 0.717) is 31.9 Å². The van der Waals surface area contributed by atoms with Gasteiger partial charge in [0.2, 0.25) is 5.95 Å². The highest BCUT2D eigenvalue weighted by atomic mass is 19.1. The molecule has 0 spiro atoms. The zero-order valence-corrected chi connectivity index (χ0v) is 21.1. The van der Waals surface area contributed by atoms with Crippen molar-refractivity contribution in [1.82, 2.24) is 19.4 Å². The molecular weight excluding hydrogens is 465 g/mol. The van der Waals surface area contributed by atoms with Gasteiger partial charge >= 0.3 is 5.97 Å². The average Bonchev–Trinajstić information content (AvgIpc) is 3.18. The van der Waals surface area contributed by atoms with Crippen LogP contribution < -0.4 is 10.5 Å². The van der Waals surface area contributed by atoms with Gasteiger partial charge in [-0.1, -0.05) is 13.8 Å². The summed E-state index contributed by atoms with van der Waals surface area (Å²) in [4.78, 5) is 51.2. The lowest BCUT2D eigenvalue weighted by molar-refractivity contribution is -0.173. The second-order valence-electron chi connectivity index (χ2n) is 11.5. The summed E-state index contributed by atoms with van der Waals surface area (Å²) in [5.41, 5.74) is -2.09. The van der Waals surface area contributed by atoms with Gasteiger partial charge in [0.1, 0.15) is 0 Å². The zero-order chi connectivity index (χ0) is 25.8. The Morgan fingerprint density at radius 1 is 1.19 bits per heavy atom. The van der Waals surface area contributed by atoms with E-state index in [9.17, 15) is 18.8 Å². The number of anilines is 1. The predicted molar refractivity (Wildman–Crippen MR) is 128 cm³/mol. The van der Waals surface area contributed by atoms with Gasteiger partial charge in [-0.2, -0.15) is 0 Å². The number of aromatic nitrogens is 3. The first-order chi connectivity index (χ1) is 16.9. The highest BCUT2D eigenvalue weighted by Crippen LogP contribution is 2.66. The Balaban J connectivity index is 1.21. The van der Waals surface area contributed by atoms with Crippen LogP contribution in [0.2, 0.25) is 0 Å². The molecule has 10 heteroatoms. The Bertz CT molecular complexity index is 1360. The normalized spacial score (nSPS) is 33.4. The van der Waals surface area contributed by atoms with Crippen molar-refractivity contribution in [2.24, 2.45) is 29.7 Å². The molecule has 2 aliphatic carbocycles. The molecule has 0 N–H and O–H groups in total. The fraction of sp³-hybridized carbons (Fsp3) is 0.577. The zero-order valence-electron chi connectivity index (χ0n) is 21.1. The van der Waals surface area contributed by atoms with Crippen molar-refractivity contribution >= 4 is 17.8 Å². The monoisotopic (exact) mass is 495 g/mol. The van der Waals surface area contributed by atoms with Crippen LogP contribution in [0.3, 0.4) is 0 Å². The number of rotatable bonds is 4. The van der Waals surface area contributed by atoms with Crippen molar-refractivity contribution in [3.8, 4) is 11.3 Å². The lowest BCUT2D eigenvalue weighted by atomic mass is 9.66. The summed E-state index contributed by atoms with van der Waals surface area (Å²) >= 11 is 0. The van der Waals surface area contributed by atoms with E-state index < -0.39 is 22.2 Å². The molecule has 0 aromatic carbocycles. The van der Waals surface area contributed by atoms with E-state index in [4.69, 9.17) is 4.74 Å². The van der Waals surface area contributed by atoms with Crippen LogP contribution in [-0.4, -0.2) is 63.1 Å². The minimum Gasteiger partial charge on any atom is -0.448 e. The topological polar surface area (TPSA) is 97.6 Å². The predicted octanol–water partition coefficient (Wildman–Crippen LogP) is 2.00. The second-order valence-corrected chi connectivity index (χ2v) is 11.5. The number of hydrogen-bond acceptors (Lipinski definition) is 7. The van der Waals surface area contributed by atoms with Crippen molar-refractivity contribution in [2.45, 2.75) is 45.3 Å². The van der Waals surface area contributed by atoms with Crippen molar-refractivity contribution < 1.29 is 18.7 Å². The van der Waals surface area contributed by atoms with E-state index in [1.54, 1.807) is 7.05 Å². The molecule has 2 aromatic rings. The third-order valence-corrected chi connectivity index (χ3v) is 9.79. The van der Waals surface area contributed by atoms with Crippen LogP contribution in [0.1, 0.15) is 33.6 Å². The van der Waals surface area contributed by atoms with E-state index in [2.05, 4.69) is 9.97 Å². The van der Waals surface area contributed by atoms with E-state index in [1.807, 2.05) is 37.6 Å². The summed E-state index contributed by atoms with van der Waals surface area (Å²) in [6.07, 6.45) is 3.78. The van der Waals surface area contributed by atoms with Gasteiger partial charge in [-0.05, 0) is 25.8 Å². The third-order valence-electron chi connectivity index (χ3n) is 9.79. The summed E-state index contributed by atoms with van der Waals surface area (Å²) in [5, 5.41) is 0. The van der Waals surface area contributed by atoms with Crippen molar-refractivity contribution in [2.75, 3.05) is 25.0 Å². The Hall–Kier alpha value is -3.30. The fourth-order valence-electron chi connectivity index (χ4n) is 6.91. The number of fused-ring (bicyclic) bond motifs is 3. The molecule has 2 aromatic heterocycles. The molecule has 2 saturated heterocycles. The van der Waals surface area contributed by atoms with Crippen LogP contribution in [0.5, 0.6) is 0 Å². The standard InChI is InChI=1S/C26H30FN5O4/c1-24(2)25(3)7-8-26(24,36-22(25)35)21(34)32-12-15-16(13-32)20(15)31(5)23-29-18(10-19(33)30(23)4)14-6-9-28-11-17(14)27/h6,9-11,15-16,20H,7-8,12-13H2,1-5H3/t15?,16?,20?,25-,26+/m0/s1. The number of ether oxygens (including phenoxy) is 1. The van der Waals surface area contributed by atoms with Crippen LogP contribution >= 0.6 is 0 Å². The number of pyridine rings is 1. The van der Waals surface area contributed by atoms with Gasteiger partial charge in [0.05, 0.1) is 17.3 Å². The van der Waals surface area contributed by atoms with Gasteiger partial charge in [-0.3, -0.25) is 23.9 Å². The Labute approximate surface area is 208 Å². The van der Waals surface area contributed by atoms with Crippen LogP contribution in [0, 0.1) is 28.5 Å². The van der Waals surface area contributed by atoms with Gasteiger partial charge in [0, 0.05) is 68.3 Å². The number of esters is 1. The van der Waals surface area contributed by atoms with E-state index in [-0.39, 0.29) is 46.6 Å². The fourth-order valence-corrected chi connectivity index (χ4v) is 6.91. The van der Waals surface area contributed by atoms with E-state index in [0.717, 1.165) is 6.20 Å². The molecule has 2 aliphatic heterocycles. The van der Waals surface area contributed by atoms with Crippen LogP contribution in [0.15, 0.2) is 29.3 Å². The molecule has 2 saturated carbocycles. The maximum absolute atomic E-state index is 14.3. The number of carbonyl (C=O) groups excluding carboxylic acids is 2. The highest BCUT2D eigenvalue weighted by molar-refractivity contribution is 5.96. The molecule has 6 rings (SSSR count). The first-order valence-corrected chi connectivity index (χ1v) is 12.4. The van der Waals surface area contributed by atoms with Gasteiger partial charge in [0.15, 0.2) is 11.4 Å². The third kappa shape index (κ3) is 2.72. The Morgan fingerprint density at radius 3 is 2.47 bits per heavy atom. The smallest absolute Gasteiger partial charge is 0.313 e. The molecule has 4 aliphatic rings. The van der Waals surface area contributed by atoms with E-state index in [1.165, 1.54) is 22.9 Å². The SMILES string of the molecule is CN(c1nc(-c2ccncc2F)cc(=O)n1C)C1C2CN(C(=O)[C@@]34CC[C@@](C)(C(=O)O3)C4(C)C)CC21. The van der Waals surface area contributed by atoms with E-state index >= 15 is 0 Å². The molecule has 2 bridgehead atoms. The molecule has 1 amide bonds. The molecular formula is C26H30FN5O4. The molecule has 2 unspecified atom stereocenters. The molecule has 190 valence electrons. The first-order valence-electron chi connectivity index (χ1n) is 12.4. The summed E-state index contributed by atoms with van der Waals surface area (Å²) in [5.74, 6) is -0.00435. The van der Waals surface area contributed by atoms with Gasteiger partial charge in [-0.15, -0.1) is 0 Å². The Kier molecular flexibility index (Phi) is 4.58. The summed E-state index contributed by atoms with van der Waals surface area (Å²) < 4.78 is 21.6. The minimum atomic E-state index is -1.09. The number of halogens is 1. The molecule has 4 atom stereocenters. The largest absolute Gasteiger partial charge is 0.448 e. The quantitative estimate of drug-likeness (QED) is 0.599. The lowest BCUT2D eigenvalue weighted by Crippen LogP contribution is -2.55. The summed E-state index contributed by atoms with van der Waals surface area (Å²) in [6, 6.07) is 2.93. The first kappa shape index (κ1) is 23.1. The van der Waals surface area contributed by atoms with Crippen LogP contribution in [0.25, 0.3) is 11.3 Å². The van der Waals surface area contributed by atoms with Crippen molar-refractivity contribution in [3.63, 3.8) is 0 Å². The van der Waals surface area contributed by atoms with Crippen molar-refractivity contribution in [3.05, 3.63) is 40.7 Å². The molecule has 9 nitrogen and oxygen atoms in total. The molecule has 0 radical (unpaired) electrons. The molecule has 4 fully saturated rings. The number of nitrogens with zero attached hydrogens (tertiary/aromatic N) is 5. The number of likely N-dealkylation sites (tertiary alicyclic amines) is 1. The second kappa shape index (κ2) is 7.14. The number of amides is 1. The summed E-state index contributed by atoms with van der Waals surface area (Å²) in [7, 11) is 3.53. The van der Waals surface area contributed by atoms with Gasteiger partial charge in [0.25, 0.3) is 11.5 Å². The highest BCUT2D eigenvalue weighted by Gasteiger charge is 2.77.